The molecule has 1 aliphatic rings. The van der Waals surface area contributed by atoms with Crippen LogP contribution in [0.2, 0.25) is 5.02 Å². The quantitative estimate of drug-likeness (QED) is 0.907. The lowest BCUT2D eigenvalue weighted by atomic mass is 9.87. The summed E-state index contributed by atoms with van der Waals surface area (Å²) >= 11 is 5.99. The molecule has 1 aromatic carbocycles. The summed E-state index contributed by atoms with van der Waals surface area (Å²) in [4.78, 5) is 25.1. The van der Waals surface area contributed by atoms with E-state index >= 15 is 0 Å². The van der Waals surface area contributed by atoms with Crippen LogP contribution in [0.3, 0.4) is 0 Å². The summed E-state index contributed by atoms with van der Waals surface area (Å²) in [6.45, 7) is 2.49. The lowest BCUT2D eigenvalue weighted by Crippen LogP contribution is -2.42. The van der Waals surface area contributed by atoms with Crippen molar-refractivity contribution >= 4 is 11.6 Å². The van der Waals surface area contributed by atoms with Crippen molar-refractivity contribution in [3.63, 3.8) is 0 Å². The van der Waals surface area contributed by atoms with Crippen molar-refractivity contribution in [1.82, 2.24) is 9.13 Å². The zero-order chi connectivity index (χ0) is 18.0. The van der Waals surface area contributed by atoms with Crippen LogP contribution in [0.25, 0.3) is 0 Å². The van der Waals surface area contributed by atoms with Crippen molar-refractivity contribution in [2.45, 2.75) is 51.6 Å². The van der Waals surface area contributed by atoms with Crippen LogP contribution in [-0.4, -0.2) is 14.2 Å². The average molecular weight is 363 g/mol. The number of halogens is 1. The Morgan fingerprint density at radius 2 is 1.88 bits per heavy atom. The Labute approximate surface area is 151 Å². The van der Waals surface area contributed by atoms with Gasteiger partial charge in [-0.2, -0.15) is 0 Å². The average Bonchev–Trinajstić information content (AvgIpc) is 2.56. The van der Waals surface area contributed by atoms with Crippen molar-refractivity contribution < 1.29 is 5.11 Å². The molecule has 1 aromatic heterocycles. The van der Waals surface area contributed by atoms with Gasteiger partial charge in [-0.05, 0) is 55.7 Å². The molecule has 0 aliphatic heterocycles. The molecule has 3 rings (SSSR count). The van der Waals surface area contributed by atoms with Gasteiger partial charge in [0.15, 0.2) is 0 Å². The molecule has 0 amide bonds. The van der Waals surface area contributed by atoms with Gasteiger partial charge in [0, 0.05) is 17.6 Å². The Morgan fingerprint density at radius 3 is 2.56 bits per heavy atom. The van der Waals surface area contributed by atoms with Gasteiger partial charge in [0.05, 0.1) is 6.07 Å². The van der Waals surface area contributed by atoms with E-state index in [1.54, 1.807) is 6.07 Å². The number of benzene rings is 1. The van der Waals surface area contributed by atoms with E-state index in [1.807, 2.05) is 18.2 Å². The third kappa shape index (κ3) is 3.98. The summed E-state index contributed by atoms with van der Waals surface area (Å²) in [5.41, 5.74) is 0.135. The summed E-state index contributed by atoms with van der Waals surface area (Å²) in [6.07, 6.45) is 4.23. The van der Waals surface area contributed by atoms with Crippen LogP contribution in [-0.2, 0) is 13.0 Å². The Bertz CT molecular complexity index is 864. The Morgan fingerprint density at radius 1 is 1.16 bits per heavy atom. The van der Waals surface area contributed by atoms with Gasteiger partial charge in [0.1, 0.15) is 0 Å². The first-order chi connectivity index (χ1) is 12.0. The second-order valence-electron chi connectivity index (χ2n) is 6.94. The first-order valence-corrected chi connectivity index (χ1v) is 9.13. The second kappa shape index (κ2) is 7.48. The Hall–Kier alpha value is -2.01. The fourth-order valence-electron chi connectivity index (χ4n) is 3.56. The number of aromatic nitrogens is 2. The molecule has 1 heterocycles. The molecule has 1 saturated carbocycles. The van der Waals surface area contributed by atoms with Gasteiger partial charge < -0.3 is 5.11 Å². The molecule has 0 bridgehead atoms. The highest BCUT2D eigenvalue weighted by molar-refractivity contribution is 6.30. The third-order valence-electron chi connectivity index (χ3n) is 5.07. The van der Waals surface area contributed by atoms with E-state index in [9.17, 15) is 14.7 Å². The predicted molar refractivity (Wildman–Crippen MR) is 98.5 cm³/mol. The highest BCUT2D eigenvalue weighted by Gasteiger charge is 2.23. The molecule has 2 aromatic rings. The molecule has 0 spiro atoms. The Kier molecular flexibility index (Phi) is 5.33. The molecule has 1 aliphatic carbocycles. The molecule has 134 valence electrons. The van der Waals surface area contributed by atoms with E-state index in [0.29, 0.717) is 23.9 Å². The van der Waals surface area contributed by atoms with Gasteiger partial charge in [0.25, 0.3) is 5.56 Å². The molecule has 0 unspecified atom stereocenters. The van der Waals surface area contributed by atoms with Crippen LogP contribution < -0.4 is 11.2 Å². The molecule has 6 heteroatoms. The Balaban J connectivity index is 1.88. The van der Waals surface area contributed by atoms with Crippen LogP contribution in [0.5, 0.6) is 5.88 Å². The van der Waals surface area contributed by atoms with Gasteiger partial charge in [-0.15, -0.1) is 0 Å². The minimum absolute atomic E-state index is 0.0748. The topological polar surface area (TPSA) is 64.2 Å². The number of aromatic hydroxyl groups is 1. The monoisotopic (exact) mass is 362 g/mol. The molecule has 0 radical (unpaired) electrons. The second-order valence-corrected chi connectivity index (χ2v) is 7.38. The van der Waals surface area contributed by atoms with Crippen molar-refractivity contribution in [2.75, 3.05) is 0 Å². The van der Waals surface area contributed by atoms with Gasteiger partial charge in [-0.25, -0.2) is 4.79 Å². The molecular weight excluding hydrogens is 340 g/mol. The maximum atomic E-state index is 12.8. The first-order valence-electron chi connectivity index (χ1n) is 8.75. The van der Waals surface area contributed by atoms with Crippen LogP contribution >= 0.6 is 11.6 Å². The van der Waals surface area contributed by atoms with Crippen molar-refractivity contribution in [2.24, 2.45) is 5.92 Å². The highest BCUT2D eigenvalue weighted by Crippen LogP contribution is 2.30. The molecular formula is C19H23ClN2O3. The van der Waals surface area contributed by atoms with E-state index in [-0.39, 0.29) is 11.9 Å². The number of aryl methyl sites for hydroxylation is 1. The van der Waals surface area contributed by atoms with Gasteiger partial charge in [-0.1, -0.05) is 30.7 Å². The summed E-state index contributed by atoms with van der Waals surface area (Å²) in [5.74, 6) is 0.353. The molecule has 0 atom stereocenters. The zero-order valence-electron chi connectivity index (χ0n) is 14.3. The molecule has 5 nitrogen and oxygen atoms in total. The normalized spacial score (nSPS) is 20.6. The smallest absolute Gasteiger partial charge is 0.334 e. The SMILES string of the molecule is CC1CCC(n2c(=O)cc(O)n(CCc3cccc(Cl)c3)c2=O)CC1. The van der Waals surface area contributed by atoms with Crippen molar-refractivity contribution in [3.8, 4) is 5.88 Å². The molecule has 1 N–H and O–H groups in total. The number of hydrogen-bond donors (Lipinski definition) is 1. The van der Waals surface area contributed by atoms with E-state index in [2.05, 4.69) is 6.92 Å². The number of rotatable bonds is 4. The first kappa shape index (κ1) is 17.8. The summed E-state index contributed by atoms with van der Waals surface area (Å²) < 4.78 is 2.60. The molecule has 0 saturated heterocycles. The van der Waals surface area contributed by atoms with E-state index in [4.69, 9.17) is 11.6 Å². The largest absolute Gasteiger partial charge is 0.494 e. The highest BCUT2D eigenvalue weighted by atomic mass is 35.5. The molecule has 1 fully saturated rings. The number of hydrogen-bond acceptors (Lipinski definition) is 3. The van der Waals surface area contributed by atoms with Crippen molar-refractivity contribution in [1.29, 1.82) is 0 Å². The minimum atomic E-state index is -0.424. The van der Waals surface area contributed by atoms with Crippen LogP contribution in [0, 0.1) is 5.92 Å². The third-order valence-corrected chi connectivity index (χ3v) is 5.30. The minimum Gasteiger partial charge on any atom is -0.494 e. The standard InChI is InChI=1S/C19H23ClN2O3/c1-13-5-7-16(8-6-13)22-18(24)12-17(23)21(19(22)25)10-9-14-3-2-4-15(20)11-14/h2-4,11-13,16,23H,5-10H2,1H3. The summed E-state index contributed by atoms with van der Waals surface area (Å²) in [6, 6.07) is 8.48. The fraction of sp³-hybridized carbons (Fsp3) is 0.474. The van der Waals surface area contributed by atoms with Crippen LogP contribution in [0.4, 0.5) is 0 Å². The summed E-state index contributed by atoms with van der Waals surface area (Å²) in [7, 11) is 0. The fourth-order valence-corrected chi connectivity index (χ4v) is 3.77. The lowest BCUT2D eigenvalue weighted by molar-refractivity contribution is 0.270. The summed E-state index contributed by atoms with van der Waals surface area (Å²) in [5, 5.41) is 10.7. The zero-order valence-corrected chi connectivity index (χ0v) is 15.1. The number of nitrogens with zero attached hydrogens (tertiary/aromatic N) is 2. The van der Waals surface area contributed by atoms with E-state index < -0.39 is 11.2 Å². The van der Waals surface area contributed by atoms with Gasteiger partial charge in [-0.3, -0.25) is 13.9 Å². The maximum Gasteiger partial charge on any atom is 0.334 e. The van der Waals surface area contributed by atoms with Gasteiger partial charge in [0.2, 0.25) is 5.88 Å². The van der Waals surface area contributed by atoms with Crippen LogP contribution in [0.15, 0.2) is 39.9 Å². The lowest BCUT2D eigenvalue weighted by Gasteiger charge is -2.27. The van der Waals surface area contributed by atoms with Crippen LogP contribution in [0.1, 0.15) is 44.2 Å². The van der Waals surface area contributed by atoms with E-state index in [0.717, 1.165) is 37.3 Å². The molecule has 25 heavy (non-hydrogen) atoms. The van der Waals surface area contributed by atoms with E-state index in [1.165, 1.54) is 9.13 Å². The predicted octanol–water partition coefficient (Wildman–Crippen LogP) is 3.36. The van der Waals surface area contributed by atoms with Gasteiger partial charge >= 0.3 is 5.69 Å². The van der Waals surface area contributed by atoms with Crippen molar-refractivity contribution in [3.05, 3.63) is 61.8 Å². The maximum absolute atomic E-state index is 12.8.